The number of pyridine rings is 1. The highest BCUT2D eigenvalue weighted by molar-refractivity contribution is 5.92. The maximum absolute atomic E-state index is 12.7. The second kappa shape index (κ2) is 8.55. The fraction of sp³-hybridized carbons (Fsp3) is 0.652. The highest BCUT2D eigenvalue weighted by Crippen LogP contribution is 2.39. The van der Waals surface area contributed by atoms with Crippen LogP contribution in [0.15, 0.2) is 30.6 Å². The molecule has 1 amide bonds. The van der Waals surface area contributed by atoms with Gasteiger partial charge in [-0.1, -0.05) is 19.3 Å². The smallest absolute Gasteiger partial charge is 0.246 e. The largest absolute Gasteiger partial charge is 0.339 e. The van der Waals surface area contributed by atoms with Gasteiger partial charge in [-0.3, -0.25) is 9.78 Å². The zero-order chi connectivity index (χ0) is 18.5. The third-order valence-electron chi connectivity index (χ3n) is 6.86. The molecular weight excluding hydrogens is 334 g/mol. The Morgan fingerprint density at radius 1 is 1.07 bits per heavy atom. The lowest BCUT2D eigenvalue weighted by atomic mass is 9.78. The Kier molecular flexibility index (Phi) is 5.92. The van der Waals surface area contributed by atoms with Crippen molar-refractivity contribution in [3.05, 3.63) is 36.2 Å². The number of hydrogen-bond donors (Lipinski definition) is 0. The molecule has 1 spiro atoms. The molecule has 1 atom stereocenters. The predicted molar refractivity (Wildman–Crippen MR) is 109 cm³/mol. The molecule has 0 aromatic carbocycles. The Hall–Kier alpha value is -1.68. The van der Waals surface area contributed by atoms with Crippen LogP contribution in [0.5, 0.6) is 0 Å². The third-order valence-corrected chi connectivity index (χ3v) is 6.86. The van der Waals surface area contributed by atoms with E-state index >= 15 is 0 Å². The van der Waals surface area contributed by atoms with Gasteiger partial charge in [-0.25, -0.2) is 0 Å². The summed E-state index contributed by atoms with van der Waals surface area (Å²) in [5.41, 5.74) is 1.37. The van der Waals surface area contributed by atoms with E-state index in [4.69, 9.17) is 0 Å². The van der Waals surface area contributed by atoms with Crippen LogP contribution in [0.2, 0.25) is 0 Å². The average Bonchev–Trinajstić information content (AvgIpc) is 3.11. The van der Waals surface area contributed by atoms with Crippen LogP contribution in [0.25, 0.3) is 6.08 Å². The maximum Gasteiger partial charge on any atom is 0.246 e. The molecule has 3 heterocycles. The monoisotopic (exact) mass is 367 g/mol. The number of amides is 1. The van der Waals surface area contributed by atoms with Crippen molar-refractivity contribution >= 4 is 12.0 Å². The molecule has 27 heavy (non-hydrogen) atoms. The van der Waals surface area contributed by atoms with Crippen molar-refractivity contribution in [2.75, 3.05) is 32.7 Å². The first kappa shape index (κ1) is 18.7. The van der Waals surface area contributed by atoms with Gasteiger partial charge in [0.1, 0.15) is 0 Å². The van der Waals surface area contributed by atoms with Crippen LogP contribution in [0.1, 0.15) is 56.9 Å². The fourth-order valence-electron chi connectivity index (χ4n) is 5.40. The summed E-state index contributed by atoms with van der Waals surface area (Å²) in [7, 11) is 0. The second-order valence-electron chi connectivity index (χ2n) is 8.97. The van der Waals surface area contributed by atoms with Crippen LogP contribution in [0, 0.1) is 11.3 Å². The molecule has 0 unspecified atom stereocenters. The van der Waals surface area contributed by atoms with E-state index in [0.29, 0.717) is 5.41 Å². The summed E-state index contributed by atoms with van der Waals surface area (Å²) in [5.74, 6) is 1.07. The Bertz CT molecular complexity index is 653. The van der Waals surface area contributed by atoms with E-state index in [2.05, 4.69) is 14.8 Å². The number of nitrogens with zero attached hydrogens (tertiary/aromatic N) is 3. The molecule has 4 heteroatoms. The summed E-state index contributed by atoms with van der Waals surface area (Å²) in [6, 6.07) is 3.86. The van der Waals surface area contributed by atoms with E-state index < -0.39 is 0 Å². The van der Waals surface area contributed by atoms with Crippen molar-refractivity contribution < 1.29 is 4.79 Å². The van der Waals surface area contributed by atoms with Crippen molar-refractivity contribution in [1.29, 1.82) is 0 Å². The first-order valence-electron chi connectivity index (χ1n) is 10.8. The van der Waals surface area contributed by atoms with Crippen LogP contribution in [0.3, 0.4) is 0 Å². The van der Waals surface area contributed by atoms with E-state index in [1.807, 2.05) is 18.2 Å². The van der Waals surface area contributed by atoms with Crippen molar-refractivity contribution in [3.8, 4) is 0 Å². The summed E-state index contributed by atoms with van der Waals surface area (Å²) in [5, 5.41) is 0. The minimum absolute atomic E-state index is 0.160. The third kappa shape index (κ3) is 4.78. The summed E-state index contributed by atoms with van der Waals surface area (Å²) in [4.78, 5) is 21.5. The van der Waals surface area contributed by atoms with Gasteiger partial charge < -0.3 is 9.80 Å². The van der Waals surface area contributed by atoms with Crippen molar-refractivity contribution in [2.24, 2.45) is 11.3 Å². The van der Waals surface area contributed by atoms with E-state index in [-0.39, 0.29) is 5.91 Å². The van der Waals surface area contributed by atoms with Crippen LogP contribution >= 0.6 is 0 Å². The lowest BCUT2D eigenvalue weighted by Gasteiger charge is -2.42. The molecule has 146 valence electrons. The van der Waals surface area contributed by atoms with Crippen molar-refractivity contribution in [3.63, 3.8) is 0 Å². The van der Waals surface area contributed by atoms with Crippen LogP contribution in [0.4, 0.5) is 0 Å². The fourth-order valence-corrected chi connectivity index (χ4v) is 5.40. The molecule has 3 aliphatic rings. The number of rotatable bonds is 4. The number of carbonyl (C=O) groups is 1. The lowest BCUT2D eigenvalue weighted by Crippen LogP contribution is -2.46. The number of aromatic nitrogens is 1. The Morgan fingerprint density at radius 2 is 1.89 bits per heavy atom. The summed E-state index contributed by atoms with van der Waals surface area (Å²) >= 11 is 0. The lowest BCUT2D eigenvalue weighted by molar-refractivity contribution is -0.125. The average molecular weight is 368 g/mol. The Balaban J connectivity index is 1.32. The quantitative estimate of drug-likeness (QED) is 0.755. The van der Waals surface area contributed by atoms with E-state index in [0.717, 1.165) is 24.6 Å². The molecule has 1 saturated carbocycles. The van der Waals surface area contributed by atoms with Crippen LogP contribution < -0.4 is 0 Å². The van der Waals surface area contributed by atoms with Crippen molar-refractivity contribution in [1.82, 2.24) is 14.8 Å². The standard InChI is InChI=1S/C23H33N3O/c27-22(8-7-20-9-13-24-14-10-20)26-16-12-23(19-26)11-4-15-25(18-23)17-21-5-2-1-3-6-21/h7-10,13-14,21H,1-6,11-12,15-19H2/b8-7+/t23-/m1/s1. The topological polar surface area (TPSA) is 36.4 Å². The molecule has 0 bridgehead atoms. The van der Waals surface area contributed by atoms with Gasteiger partial charge in [0.15, 0.2) is 0 Å². The molecule has 2 aliphatic heterocycles. The van der Waals surface area contributed by atoms with Gasteiger partial charge in [0, 0.05) is 50.1 Å². The zero-order valence-electron chi connectivity index (χ0n) is 16.5. The first-order chi connectivity index (χ1) is 13.2. The highest BCUT2D eigenvalue weighted by atomic mass is 16.2. The Labute approximate surface area is 163 Å². The molecule has 1 aromatic heterocycles. The van der Waals surface area contributed by atoms with E-state index in [1.165, 1.54) is 71.0 Å². The number of piperidine rings is 1. The number of likely N-dealkylation sites (tertiary alicyclic amines) is 2. The first-order valence-corrected chi connectivity index (χ1v) is 10.8. The summed E-state index contributed by atoms with van der Waals surface area (Å²) in [6.45, 7) is 5.59. The van der Waals surface area contributed by atoms with Gasteiger partial charge in [-0.05, 0) is 68.3 Å². The molecular formula is C23H33N3O. The number of carbonyl (C=O) groups excluding carboxylic acids is 1. The van der Waals surface area contributed by atoms with Crippen LogP contribution in [-0.4, -0.2) is 53.4 Å². The van der Waals surface area contributed by atoms with Crippen LogP contribution in [-0.2, 0) is 4.79 Å². The molecule has 0 radical (unpaired) electrons. The van der Waals surface area contributed by atoms with E-state index in [1.54, 1.807) is 18.5 Å². The highest BCUT2D eigenvalue weighted by Gasteiger charge is 2.42. The van der Waals surface area contributed by atoms with Gasteiger partial charge in [-0.2, -0.15) is 0 Å². The molecule has 1 aromatic rings. The molecule has 4 rings (SSSR count). The minimum Gasteiger partial charge on any atom is -0.339 e. The zero-order valence-corrected chi connectivity index (χ0v) is 16.5. The second-order valence-corrected chi connectivity index (χ2v) is 8.97. The van der Waals surface area contributed by atoms with Crippen molar-refractivity contribution in [2.45, 2.75) is 51.4 Å². The Morgan fingerprint density at radius 3 is 2.70 bits per heavy atom. The molecule has 1 aliphatic carbocycles. The molecule has 0 N–H and O–H groups in total. The maximum atomic E-state index is 12.7. The summed E-state index contributed by atoms with van der Waals surface area (Å²) < 4.78 is 0. The van der Waals surface area contributed by atoms with Gasteiger partial charge in [0.05, 0.1) is 0 Å². The van der Waals surface area contributed by atoms with Gasteiger partial charge in [-0.15, -0.1) is 0 Å². The normalized spacial score (nSPS) is 27.6. The minimum atomic E-state index is 0.160. The molecule has 2 saturated heterocycles. The van der Waals surface area contributed by atoms with Gasteiger partial charge in [0.25, 0.3) is 0 Å². The number of hydrogen-bond acceptors (Lipinski definition) is 3. The summed E-state index contributed by atoms with van der Waals surface area (Å²) in [6.07, 6.45) is 18.0. The van der Waals surface area contributed by atoms with Gasteiger partial charge >= 0.3 is 0 Å². The predicted octanol–water partition coefficient (Wildman–Crippen LogP) is 3.99. The SMILES string of the molecule is O=C(/C=C/c1ccncc1)N1CC[C@@]2(CCCN(CC3CCCCC3)C2)C1. The molecule has 4 nitrogen and oxygen atoms in total. The van der Waals surface area contributed by atoms with Gasteiger partial charge in [0.2, 0.25) is 5.91 Å². The van der Waals surface area contributed by atoms with E-state index in [9.17, 15) is 4.79 Å². The molecule has 3 fully saturated rings.